The standard InChI is InChI=1S/C20H30O2/c1-11-6-7-20-12(2)8-14(21)13(18(20,3)4)9-16(20)19(5)10-15(22)17(11)19/h12-13,15-16,22H,6-10H2,1-5H3. The fraction of sp³-hybridized carbons (Fsp3) is 0.850. The Morgan fingerprint density at radius 2 is 1.91 bits per heavy atom. The van der Waals surface area contributed by atoms with Gasteiger partial charge < -0.3 is 5.11 Å². The molecule has 22 heavy (non-hydrogen) atoms. The molecule has 0 amide bonds. The van der Waals surface area contributed by atoms with E-state index in [1.165, 1.54) is 17.6 Å². The van der Waals surface area contributed by atoms with Crippen molar-refractivity contribution in [2.45, 2.75) is 72.8 Å². The van der Waals surface area contributed by atoms with Crippen LogP contribution < -0.4 is 0 Å². The van der Waals surface area contributed by atoms with Crippen molar-refractivity contribution in [3.05, 3.63) is 11.1 Å². The highest BCUT2D eigenvalue weighted by Crippen LogP contribution is 2.76. The molecule has 0 saturated heterocycles. The van der Waals surface area contributed by atoms with Crippen molar-refractivity contribution in [3.63, 3.8) is 0 Å². The van der Waals surface area contributed by atoms with E-state index in [0.717, 1.165) is 25.7 Å². The van der Waals surface area contributed by atoms with E-state index in [-0.39, 0.29) is 28.3 Å². The molecule has 1 spiro atoms. The lowest BCUT2D eigenvalue weighted by molar-refractivity contribution is -0.143. The molecule has 4 aliphatic rings. The van der Waals surface area contributed by atoms with E-state index in [9.17, 15) is 9.90 Å². The van der Waals surface area contributed by atoms with Gasteiger partial charge in [0.25, 0.3) is 0 Å². The maximum Gasteiger partial charge on any atom is 0.136 e. The number of aliphatic hydroxyl groups excluding tert-OH is 1. The van der Waals surface area contributed by atoms with E-state index in [0.29, 0.717) is 17.6 Å². The van der Waals surface area contributed by atoms with Gasteiger partial charge in [0.1, 0.15) is 5.78 Å². The predicted octanol–water partition coefficient (Wildman–Crippen LogP) is 4.13. The molecule has 3 saturated carbocycles. The Morgan fingerprint density at radius 3 is 2.55 bits per heavy atom. The fourth-order valence-corrected chi connectivity index (χ4v) is 7.72. The smallest absolute Gasteiger partial charge is 0.136 e. The average Bonchev–Trinajstić information content (AvgIpc) is 2.49. The molecular weight excluding hydrogens is 272 g/mol. The monoisotopic (exact) mass is 302 g/mol. The van der Waals surface area contributed by atoms with Gasteiger partial charge in [-0.05, 0) is 66.3 Å². The first kappa shape index (κ1) is 14.9. The molecule has 6 atom stereocenters. The number of fused-ring (bicyclic) bond motifs is 3. The third kappa shape index (κ3) is 1.36. The second-order valence-corrected chi connectivity index (χ2v) is 9.51. The summed E-state index contributed by atoms with van der Waals surface area (Å²) >= 11 is 0. The Kier molecular flexibility index (Phi) is 2.76. The van der Waals surface area contributed by atoms with Gasteiger partial charge in [-0.15, -0.1) is 0 Å². The second kappa shape index (κ2) is 4.06. The molecule has 2 nitrogen and oxygen atoms in total. The quantitative estimate of drug-likeness (QED) is 0.683. The number of allylic oxidation sites excluding steroid dienone is 1. The number of hydrogen-bond donors (Lipinski definition) is 1. The third-order valence-electron chi connectivity index (χ3n) is 8.65. The van der Waals surface area contributed by atoms with E-state index >= 15 is 0 Å². The predicted molar refractivity (Wildman–Crippen MR) is 87.3 cm³/mol. The molecule has 3 fully saturated rings. The Balaban J connectivity index is 1.91. The van der Waals surface area contributed by atoms with Crippen LogP contribution in [-0.4, -0.2) is 17.0 Å². The first-order chi connectivity index (χ1) is 10.2. The van der Waals surface area contributed by atoms with Crippen molar-refractivity contribution < 1.29 is 9.90 Å². The SMILES string of the molecule is CC1=C2C(O)CC2(C)C2CC3C(=O)CC(C)C2(CC1)C3(C)C. The first-order valence-electron chi connectivity index (χ1n) is 9.07. The van der Waals surface area contributed by atoms with Crippen molar-refractivity contribution in [1.82, 2.24) is 0 Å². The lowest BCUT2D eigenvalue weighted by atomic mass is 9.45. The van der Waals surface area contributed by atoms with Crippen LogP contribution in [0.4, 0.5) is 0 Å². The van der Waals surface area contributed by atoms with Gasteiger partial charge in [0.2, 0.25) is 0 Å². The van der Waals surface area contributed by atoms with Gasteiger partial charge in [-0.1, -0.05) is 33.3 Å². The minimum Gasteiger partial charge on any atom is -0.389 e. The summed E-state index contributed by atoms with van der Waals surface area (Å²) in [5, 5.41) is 10.4. The Bertz CT molecular complexity index is 587. The van der Waals surface area contributed by atoms with Crippen LogP contribution in [0.1, 0.15) is 66.7 Å². The lowest BCUT2D eigenvalue weighted by Crippen LogP contribution is -2.56. The number of ketones is 1. The van der Waals surface area contributed by atoms with E-state index in [2.05, 4.69) is 34.6 Å². The third-order valence-corrected chi connectivity index (χ3v) is 8.65. The molecule has 122 valence electrons. The summed E-state index contributed by atoms with van der Waals surface area (Å²) in [4.78, 5) is 12.7. The van der Waals surface area contributed by atoms with Crippen molar-refractivity contribution in [3.8, 4) is 0 Å². The maximum atomic E-state index is 12.7. The lowest BCUT2D eigenvalue weighted by Gasteiger charge is -2.59. The molecular formula is C20H30O2. The van der Waals surface area contributed by atoms with Gasteiger partial charge in [-0.25, -0.2) is 0 Å². The Labute approximate surface area is 134 Å². The summed E-state index contributed by atoms with van der Waals surface area (Å²) < 4.78 is 0. The van der Waals surface area contributed by atoms with Gasteiger partial charge in [0.15, 0.2) is 0 Å². The number of hydrogen-bond acceptors (Lipinski definition) is 2. The van der Waals surface area contributed by atoms with Crippen LogP contribution in [0.2, 0.25) is 0 Å². The molecule has 1 N–H and O–H groups in total. The van der Waals surface area contributed by atoms with E-state index < -0.39 is 0 Å². The molecule has 2 heteroatoms. The van der Waals surface area contributed by atoms with Gasteiger partial charge >= 0.3 is 0 Å². The average molecular weight is 302 g/mol. The number of rotatable bonds is 0. The van der Waals surface area contributed by atoms with Crippen LogP contribution in [0, 0.1) is 34.0 Å². The summed E-state index contributed by atoms with van der Waals surface area (Å²) in [5.41, 5.74) is 3.26. The highest BCUT2D eigenvalue weighted by molar-refractivity contribution is 5.84. The highest BCUT2D eigenvalue weighted by atomic mass is 16.3. The van der Waals surface area contributed by atoms with Gasteiger partial charge in [-0.3, -0.25) is 4.79 Å². The minimum absolute atomic E-state index is 0.103. The summed E-state index contributed by atoms with van der Waals surface area (Å²) in [5.74, 6) is 1.78. The molecule has 4 rings (SSSR count). The summed E-state index contributed by atoms with van der Waals surface area (Å²) in [6, 6.07) is 0. The number of carbonyl (C=O) groups is 1. The molecule has 0 aromatic heterocycles. The molecule has 0 radical (unpaired) electrons. The summed E-state index contributed by atoms with van der Waals surface area (Å²) in [7, 11) is 0. The first-order valence-corrected chi connectivity index (χ1v) is 9.07. The van der Waals surface area contributed by atoms with Crippen molar-refractivity contribution in [2.24, 2.45) is 34.0 Å². The number of Topliss-reactive ketones (excluding diaryl/α,β-unsaturated/α-hetero) is 1. The normalized spacial score (nSPS) is 52.7. The largest absolute Gasteiger partial charge is 0.389 e. The molecule has 4 aliphatic carbocycles. The minimum atomic E-state index is -0.227. The van der Waals surface area contributed by atoms with E-state index in [1.807, 2.05) is 0 Å². The van der Waals surface area contributed by atoms with Gasteiger partial charge in [0, 0.05) is 12.3 Å². The zero-order valence-electron chi connectivity index (χ0n) is 14.7. The van der Waals surface area contributed by atoms with Gasteiger partial charge in [0.05, 0.1) is 6.10 Å². The van der Waals surface area contributed by atoms with Crippen molar-refractivity contribution in [2.75, 3.05) is 0 Å². The van der Waals surface area contributed by atoms with E-state index in [4.69, 9.17) is 0 Å². The topological polar surface area (TPSA) is 37.3 Å². The molecule has 0 aromatic rings. The van der Waals surface area contributed by atoms with Crippen molar-refractivity contribution >= 4 is 5.78 Å². The van der Waals surface area contributed by atoms with Crippen LogP contribution in [0.5, 0.6) is 0 Å². The zero-order valence-corrected chi connectivity index (χ0v) is 14.7. The highest BCUT2D eigenvalue weighted by Gasteiger charge is 2.72. The molecule has 0 heterocycles. The van der Waals surface area contributed by atoms with Gasteiger partial charge in [-0.2, -0.15) is 0 Å². The Morgan fingerprint density at radius 1 is 1.23 bits per heavy atom. The molecule has 6 unspecified atom stereocenters. The van der Waals surface area contributed by atoms with Crippen LogP contribution >= 0.6 is 0 Å². The summed E-state index contributed by atoms with van der Waals surface area (Å²) in [6.45, 7) is 11.7. The van der Waals surface area contributed by atoms with Crippen LogP contribution in [0.25, 0.3) is 0 Å². The number of carbonyl (C=O) groups excluding carboxylic acids is 1. The molecule has 2 bridgehead atoms. The number of aliphatic hydroxyl groups is 1. The van der Waals surface area contributed by atoms with Crippen molar-refractivity contribution in [1.29, 1.82) is 0 Å². The zero-order chi connectivity index (χ0) is 16.1. The Hall–Kier alpha value is -0.630. The molecule has 0 aromatic carbocycles. The van der Waals surface area contributed by atoms with E-state index in [1.54, 1.807) is 0 Å². The fourth-order valence-electron chi connectivity index (χ4n) is 7.72. The second-order valence-electron chi connectivity index (χ2n) is 9.51. The summed E-state index contributed by atoms with van der Waals surface area (Å²) in [6.07, 6.45) is 4.80. The van der Waals surface area contributed by atoms with Crippen LogP contribution in [-0.2, 0) is 4.79 Å². The van der Waals surface area contributed by atoms with Crippen LogP contribution in [0.3, 0.4) is 0 Å². The maximum absolute atomic E-state index is 12.7. The molecule has 0 aliphatic heterocycles. The van der Waals surface area contributed by atoms with Crippen LogP contribution in [0.15, 0.2) is 11.1 Å².